The number of aryl methyl sites for hydroxylation is 3. The zero-order chi connectivity index (χ0) is 19.7. The Labute approximate surface area is 162 Å². The van der Waals surface area contributed by atoms with E-state index in [9.17, 15) is 4.79 Å². The molecule has 0 bridgehead atoms. The number of anilines is 2. The third-order valence-corrected chi connectivity index (χ3v) is 4.72. The third kappa shape index (κ3) is 3.44. The molecule has 0 saturated carbocycles. The minimum absolute atomic E-state index is 0.330. The minimum Gasteiger partial charge on any atom is -0.457 e. The van der Waals surface area contributed by atoms with Crippen molar-refractivity contribution in [1.82, 2.24) is 14.5 Å². The van der Waals surface area contributed by atoms with Crippen LogP contribution in [0.2, 0.25) is 0 Å². The summed E-state index contributed by atoms with van der Waals surface area (Å²) in [6.07, 6.45) is 2.24. The number of aldehydes is 1. The molecule has 0 spiro atoms. The third-order valence-electron chi connectivity index (χ3n) is 4.72. The number of rotatable bonds is 5. The monoisotopic (exact) mass is 372 g/mol. The largest absolute Gasteiger partial charge is 0.457 e. The molecule has 28 heavy (non-hydrogen) atoms. The highest BCUT2D eigenvalue weighted by Gasteiger charge is 2.10. The predicted molar refractivity (Wildman–Crippen MR) is 110 cm³/mol. The van der Waals surface area contributed by atoms with Gasteiger partial charge in [0.1, 0.15) is 17.2 Å². The van der Waals surface area contributed by atoms with Crippen LogP contribution < -0.4 is 10.1 Å². The molecule has 0 aliphatic carbocycles. The van der Waals surface area contributed by atoms with Crippen molar-refractivity contribution in [3.63, 3.8) is 0 Å². The number of nitrogens with zero attached hydrogens (tertiary/aromatic N) is 3. The molecular weight excluding hydrogens is 352 g/mol. The molecule has 0 saturated heterocycles. The Balaban J connectivity index is 1.63. The average Bonchev–Trinajstić information content (AvgIpc) is 3.00. The second-order valence-corrected chi connectivity index (χ2v) is 6.71. The molecule has 2 aromatic carbocycles. The Kier molecular flexibility index (Phi) is 4.53. The fourth-order valence-electron chi connectivity index (χ4n) is 3.00. The van der Waals surface area contributed by atoms with Crippen molar-refractivity contribution in [3.05, 3.63) is 71.5 Å². The maximum atomic E-state index is 10.9. The molecule has 4 rings (SSSR count). The zero-order valence-electron chi connectivity index (χ0n) is 15.9. The van der Waals surface area contributed by atoms with Gasteiger partial charge in [-0.1, -0.05) is 6.07 Å². The first-order chi connectivity index (χ1) is 13.5. The van der Waals surface area contributed by atoms with E-state index in [0.717, 1.165) is 22.7 Å². The summed E-state index contributed by atoms with van der Waals surface area (Å²) in [4.78, 5) is 19.5. The number of fused-ring (bicyclic) bond motifs is 1. The number of aromatic nitrogens is 3. The fourth-order valence-corrected chi connectivity index (χ4v) is 3.00. The number of ether oxygens (including phenoxy) is 1. The van der Waals surface area contributed by atoms with E-state index < -0.39 is 0 Å². The van der Waals surface area contributed by atoms with Crippen LogP contribution in [0.15, 0.2) is 54.7 Å². The lowest BCUT2D eigenvalue weighted by Gasteiger charge is -2.08. The summed E-state index contributed by atoms with van der Waals surface area (Å²) >= 11 is 0. The molecule has 1 N–H and O–H groups in total. The highest BCUT2D eigenvalue weighted by atomic mass is 16.5. The van der Waals surface area contributed by atoms with E-state index in [1.807, 2.05) is 35.9 Å². The second kappa shape index (κ2) is 7.15. The van der Waals surface area contributed by atoms with E-state index in [0.29, 0.717) is 23.5 Å². The van der Waals surface area contributed by atoms with Crippen LogP contribution in [0.25, 0.3) is 11.0 Å². The second-order valence-electron chi connectivity index (χ2n) is 6.71. The van der Waals surface area contributed by atoms with Gasteiger partial charge in [0.15, 0.2) is 6.29 Å². The van der Waals surface area contributed by atoms with Crippen molar-refractivity contribution < 1.29 is 9.53 Å². The van der Waals surface area contributed by atoms with Gasteiger partial charge in [-0.05, 0) is 55.3 Å². The fraction of sp³-hybridized carbons (Fsp3) is 0.136. The number of carbonyl (C=O) groups is 1. The molecule has 2 heterocycles. The number of imidazole rings is 1. The molecule has 0 radical (unpaired) electrons. The van der Waals surface area contributed by atoms with Gasteiger partial charge in [0.05, 0.1) is 11.0 Å². The Morgan fingerprint density at radius 3 is 2.61 bits per heavy atom. The maximum Gasteiger partial charge on any atom is 0.208 e. The molecule has 0 amide bonds. The van der Waals surface area contributed by atoms with E-state index in [-0.39, 0.29) is 0 Å². The van der Waals surface area contributed by atoms with Gasteiger partial charge >= 0.3 is 0 Å². The first-order valence-electron chi connectivity index (χ1n) is 8.93. The molecule has 6 heteroatoms. The normalized spacial score (nSPS) is 10.8. The van der Waals surface area contributed by atoms with Crippen molar-refractivity contribution in [2.24, 2.45) is 7.05 Å². The molecule has 0 atom stereocenters. The SMILES string of the molecule is Cc1ccc(Nc2nc3cc(Oc4ccnc(C=O)c4)ccc3n2C)cc1C. The minimum atomic E-state index is 0.330. The lowest BCUT2D eigenvalue weighted by atomic mass is 10.1. The van der Waals surface area contributed by atoms with Gasteiger partial charge in [-0.2, -0.15) is 0 Å². The number of hydrogen-bond donors (Lipinski definition) is 1. The molecule has 140 valence electrons. The standard InChI is InChI=1S/C22H20N4O2/c1-14-4-5-16(10-15(14)2)24-22-25-20-12-18(6-7-21(20)26(22)3)28-19-8-9-23-17(11-19)13-27/h4-13H,1-3H3,(H,24,25). The average molecular weight is 372 g/mol. The summed E-state index contributed by atoms with van der Waals surface area (Å²) in [5.41, 5.74) is 5.61. The van der Waals surface area contributed by atoms with Crippen LogP contribution in [-0.2, 0) is 7.05 Å². The highest BCUT2D eigenvalue weighted by Crippen LogP contribution is 2.28. The van der Waals surface area contributed by atoms with Gasteiger partial charge in [-0.3, -0.25) is 9.78 Å². The lowest BCUT2D eigenvalue weighted by Crippen LogP contribution is -1.99. The van der Waals surface area contributed by atoms with Gasteiger partial charge in [-0.15, -0.1) is 0 Å². The van der Waals surface area contributed by atoms with Crippen LogP contribution >= 0.6 is 0 Å². The van der Waals surface area contributed by atoms with Crippen molar-refractivity contribution in [3.8, 4) is 11.5 Å². The molecular formula is C22H20N4O2. The smallest absolute Gasteiger partial charge is 0.208 e. The van der Waals surface area contributed by atoms with Crippen molar-refractivity contribution in [2.45, 2.75) is 13.8 Å². The van der Waals surface area contributed by atoms with Gasteiger partial charge < -0.3 is 14.6 Å². The first-order valence-corrected chi connectivity index (χ1v) is 8.93. The first kappa shape index (κ1) is 17.7. The molecule has 2 aromatic heterocycles. The summed E-state index contributed by atoms with van der Waals surface area (Å²) < 4.78 is 7.86. The van der Waals surface area contributed by atoms with Crippen LogP contribution in [0.3, 0.4) is 0 Å². The van der Waals surface area contributed by atoms with Crippen LogP contribution in [0, 0.1) is 13.8 Å². The van der Waals surface area contributed by atoms with Crippen LogP contribution in [0.1, 0.15) is 21.6 Å². The van der Waals surface area contributed by atoms with E-state index in [1.54, 1.807) is 18.3 Å². The summed E-state index contributed by atoms with van der Waals surface area (Å²) in [5.74, 6) is 1.95. The van der Waals surface area contributed by atoms with Crippen molar-refractivity contribution in [1.29, 1.82) is 0 Å². The predicted octanol–water partition coefficient (Wildman–Crippen LogP) is 4.93. The quantitative estimate of drug-likeness (QED) is 0.503. The van der Waals surface area contributed by atoms with Crippen LogP contribution in [0.5, 0.6) is 11.5 Å². The Morgan fingerprint density at radius 2 is 1.82 bits per heavy atom. The van der Waals surface area contributed by atoms with Gasteiger partial charge in [0, 0.05) is 31.1 Å². The number of pyridine rings is 1. The van der Waals surface area contributed by atoms with E-state index in [4.69, 9.17) is 9.72 Å². The lowest BCUT2D eigenvalue weighted by molar-refractivity contribution is 0.111. The highest BCUT2D eigenvalue weighted by molar-refractivity contribution is 5.81. The number of hydrogen-bond acceptors (Lipinski definition) is 5. The number of nitrogens with one attached hydrogen (secondary N) is 1. The zero-order valence-corrected chi connectivity index (χ0v) is 15.9. The Morgan fingerprint density at radius 1 is 1.00 bits per heavy atom. The van der Waals surface area contributed by atoms with E-state index in [1.165, 1.54) is 11.1 Å². The Bertz CT molecular complexity index is 1180. The Hall–Kier alpha value is -3.67. The molecule has 6 nitrogen and oxygen atoms in total. The van der Waals surface area contributed by atoms with E-state index >= 15 is 0 Å². The number of carbonyl (C=O) groups excluding carboxylic acids is 1. The number of benzene rings is 2. The molecule has 0 aliphatic rings. The van der Waals surface area contributed by atoms with Crippen LogP contribution in [-0.4, -0.2) is 20.8 Å². The van der Waals surface area contributed by atoms with E-state index in [2.05, 4.69) is 36.3 Å². The van der Waals surface area contributed by atoms with Crippen molar-refractivity contribution >= 4 is 29.0 Å². The summed E-state index contributed by atoms with van der Waals surface area (Å²) in [5, 5.41) is 3.38. The molecule has 0 fully saturated rings. The summed E-state index contributed by atoms with van der Waals surface area (Å²) in [6, 6.07) is 15.3. The maximum absolute atomic E-state index is 10.9. The topological polar surface area (TPSA) is 69.0 Å². The molecule has 4 aromatic rings. The van der Waals surface area contributed by atoms with Gasteiger partial charge in [0.25, 0.3) is 0 Å². The molecule has 0 aliphatic heterocycles. The van der Waals surface area contributed by atoms with Crippen molar-refractivity contribution in [2.75, 3.05) is 5.32 Å². The summed E-state index contributed by atoms with van der Waals surface area (Å²) in [7, 11) is 1.97. The van der Waals surface area contributed by atoms with Gasteiger partial charge in [0.2, 0.25) is 5.95 Å². The van der Waals surface area contributed by atoms with Gasteiger partial charge in [-0.25, -0.2) is 4.98 Å². The summed E-state index contributed by atoms with van der Waals surface area (Å²) in [6.45, 7) is 4.19. The van der Waals surface area contributed by atoms with Crippen LogP contribution in [0.4, 0.5) is 11.6 Å². The molecule has 0 unspecified atom stereocenters.